The number of fused-ring (bicyclic) bond motifs is 1. The molecule has 2 aromatic heterocycles. The highest BCUT2D eigenvalue weighted by molar-refractivity contribution is 7.08. The van der Waals surface area contributed by atoms with Crippen molar-refractivity contribution in [3.05, 3.63) is 52.9 Å². The number of benzene rings is 1. The van der Waals surface area contributed by atoms with E-state index >= 15 is 0 Å². The van der Waals surface area contributed by atoms with E-state index in [4.69, 9.17) is 4.74 Å². The molecule has 1 aliphatic heterocycles. The maximum Gasteiger partial charge on any atom is 0.254 e. The van der Waals surface area contributed by atoms with E-state index in [1.807, 2.05) is 46.0 Å². The van der Waals surface area contributed by atoms with Gasteiger partial charge in [-0.3, -0.25) is 4.79 Å². The molecule has 6 heteroatoms. The van der Waals surface area contributed by atoms with Gasteiger partial charge < -0.3 is 9.64 Å². The molecule has 1 fully saturated rings. The molecule has 122 valence electrons. The van der Waals surface area contributed by atoms with Crippen LogP contribution in [0, 0.1) is 0 Å². The second-order valence-electron chi connectivity index (χ2n) is 5.86. The van der Waals surface area contributed by atoms with Crippen molar-refractivity contribution in [1.82, 2.24) is 15.1 Å². The maximum absolute atomic E-state index is 12.4. The first kappa shape index (κ1) is 15.1. The number of likely N-dealkylation sites (tertiary alicyclic amines) is 1. The van der Waals surface area contributed by atoms with Gasteiger partial charge in [0.15, 0.2) is 0 Å². The molecule has 4 rings (SSSR count). The van der Waals surface area contributed by atoms with E-state index in [1.54, 1.807) is 17.5 Å². The Kier molecular flexibility index (Phi) is 4.13. The van der Waals surface area contributed by atoms with Crippen LogP contribution in [0.15, 0.2) is 47.3 Å². The van der Waals surface area contributed by atoms with Crippen molar-refractivity contribution in [3.63, 3.8) is 0 Å². The van der Waals surface area contributed by atoms with Crippen LogP contribution < -0.4 is 4.74 Å². The first-order chi connectivity index (χ1) is 11.8. The predicted octanol–water partition coefficient (Wildman–Crippen LogP) is 3.37. The maximum atomic E-state index is 12.4. The topological polar surface area (TPSA) is 55.3 Å². The average molecular weight is 339 g/mol. The van der Waals surface area contributed by atoms with Gasteiger partial charge in [0.1, 0.15) is 6.10 Å². The first-order valence-electron chi connectivity index (χ1n) is 8.00. The smallest absolute Gasteiger partial charge is 0.254 e. The molecule has 3 heterocycles. The number of ether oxygens (including phenoxy) is 1. The molecule has 0 saturated carbocycles. The van der Waals surface area contributed by atoms with Gasteiger partial charge in [-0.2, -0.15) is 16.4 Å². The fourth-order valence-corrected chi connectivity index (χ4v) is 3.62. The van der Waals surface area contributed by atoms with Crippen molar-refractivity contribution in [2.45, 2.75) is 18.9 Å². The highest BCUT2D eigenvalue weighted by Crippen LogP contribution is 2.25. The van der Waals surface area contributed by atoms with Gasteiger partial charge in [0.05, 0.1) is 11.8 Å². The second-order valence-corrected chi connectivity index (χ2v) is 6.64. The predicted molar refractivity (Wildman–Crippen MR) is 93.4 cm³/mol. The number of nitrogens with zero attached hydrogens (tertiary/aromatic N) is 3. The molecule has 24 heavy (non-hydrogen) atoms. The molecule has 0 radical (unpaired) electrons. The highest BCUT2D eigenvalue weighted by Gasteiger charge is 2.25. The summed E-state index contributed by atoms with van der Waals surface area (Å²) < 4.78 is 6.08. The summed E-state index contributed by atoms with van der Waals surface area (Å²) in [6.07, 6.45) is 3.42. The van der Waals surface area contributed by atoms with Crippen molar-refractivity contribution in [3.8, 4) is 5.88 Å². The largest absolute Gasteiger partial charge is 0.473 e. The van der Waals surface area contributed by atoms with E-state index in [1.165, 1.54) is 0 Å². The Bertz CT molecular complexity index is 837. The summed E-state index contributed by atoms with van der Waals surface area (Å²) >= 11 is 1.55. The van der Waals surface area contributed by atoms with Crippen LogP contribution in [0.1, 0.15) is 23.2 Å². The zero-order chi connectivity index (χ0) is 16.4. The summed E-state index contributed by atoms with van der Waals surface area (Å²) in [4.78, 5) is 14.3. The third kappa shape index (κ3) is 2.97. The molecule has 0 spiro atoms. The Balaban J connectivity index is 1.42. The molecule has 5 nitrogen and oxygen atoms in total. The highest BCUT2D eigenvalue weighted by atomic mass is 32.1. The second kappa shape index (κ2) is 6.57. The Morgan fingerprint density at radius 2 is 2.04 bits per heavy atom. The van der Waals surface area contributed by atoms with Gasteiger partial charge in [-0.15, -0.1) is 5.10 Å². The lowest BCUT2D eigenvalue weighted by Crippen LogP contribution is -2.41. The van der Waals surface area contributed by atoms with Gasteiger partial charge >= 0.3 is 0 Å². The summed E-state index contributed by atoms with van der Waals surface area (Å²) in [6.45, 7) is 1.41. The van der Waals surface area contributed by atoms with Crippen LogP contribution in [0.5, 0.6) is 5.88 Å². The minimum atomic E-state index is 0.0663. The summed E-state index contributed by atoms with van der Waals surface area (Å²) in [6, 6.07) is 9.82. The molecular formula is C18H17N3O2S. The number of piperidine rings is 1. The Labute approximate surface area is 143 Å². The number of hydrogen-bond donors (Lipinski definition) is 0. The molecule has 0 bridgehead atoms. The molecule has 0 N–H and O–H groups in total. The SMILES string of the molecule is O=C(c1ccsc1)N1CCC(Oc2nncc3ccccc23)CC1. The van der Waals surface area contributed by atoms with E-state index < -0.39 is 0 Å². The lowest BCUT2D eigenvalue weighted by Gasteiger charge is -2.31. The van der Waals surface area contributed by atoms with Crippen LogP contribution in [0.3, 0.4) is 0 Å². The van der Waals surface area contributed by atoms with Crippen molar-refractivity contribution in [2.75, 3.05) is 13.1 Å². The minimum Gasteiger partial charge on any atom is -0.473 e. The van der Waals surface area contributed by atoms with Gasteiger partial charge in [0.2, 0.25) is 5.88 Å². The molecule has 1 aromatic carbocycles. The standard InChI is InChI=1S/C18H17N3O2S/c22-18(14-7-10-24-12-14)21-8-5-15(6-9-21)23-17-16-4-2-1-3-13(16)11-19-20-17/h1-4,7,10-12,15H,5-6,8-9H2. The molecule has 1 aliphatic rings. The number of carbonyl (C=O) groups excluding carboxylic acids is 1. The lowest BCUT2D eigenvalue weighted by atomic mass is 10.1. The van der Waals surface area contributed by atoms with Crippen LogP contribution >= 0.6 is 11.3 Å². The van der Waals surface area contributed by atoms with Crippen LogP contribution in [0.4, 0.5) is 0 Å². The lowest BCUT2D eigenvalue weighted by molar-refractivity contribution is 0.0589. The molecular weight excluding hydrogens is 322 g/mol. The van der Waals surface area contributed by atoms with Gasteiger partial charge in [-0.1, -0.05) is 18.2 Å². The summed E-state index contributed by atoms with van der Waals surface area (Å²) in [7, 11) is 0. The van der Waals surface area contributed by atoms with Crippen molar-refractivity contribution in [1.29, 1.82) is 0 Å². The van der Waals surface area contributed by atoms with E-state index in [2.05, 4.69) is 10.2 Å². The van der Waals surface area contributed by atoms with Gasteiger partial charge in [0.25, 0.3) is 5.91 Å². The van der Waals surface area contributed by atoms with Gasteiger partial charge in [0, 0.05) is 42.1 Å². The normalized spacial score (nSPS) is 15.6. The number of aromatic nitrogens is 2. The number of thiophene rings is 1. The summed E-state index contributed by atoms with van der Waals surface area (Å²) in [5, 5.41) is 14.0. The molecule has 1 saturated heterocycles. The van der Waals surface area contributed by atoms with Crippen LogP contribution in [0.2, 0.25) is 0 Å². The number of carbonyl (C=O) groups is 1. The van der Waals surface area contributed by atoms with Crippen LogP contribution in [0.25, 0.3) is 10.8 Å². The van der Waals surface area contributed by atoms with E-state index in [0.717, 1.165) is 29.2 Å². The molecule has 0 aliphatic carbocycles. The van der Waals surface area contributed by atoms with Crippen molar-refractivity contribution >= 4 is 28.0 Å². The van der Waals surface area contributed by atoms with Crippen LogP contribution in [-0.4, -0.2) is 40.2 Å². The van der Waals surface area contributed by atoms with Crippen LogP contribution in [-0.2, 0) is 0 Å². The Morgan fingerprint density at radius 3 is 2.83 bits per heavy atom. The number of rotatable bonds is 3. The molecule has 0 atom stereocenters. The quantitative estimate of drug-likeness (QED) is 0.734. The molecule has 0 unspecified atom stereocenters. The number of amides is 1. The number of hydrogen-bond acceptors (Lipinski definition) is 5. The van der Waals surface area contributed by atoms with E-state index in [-0.39, 0.29) is 12.0 Å². The minimum absolute atomic E-state index is 0.0663. The van der Waals surface area contributed by atoms with Crippen molar-refractivity contribution < 1.29 is 9.53 Å². The van der Waals surface area contributed by atoms with Gasteiger partial charge in [-0.05, 0) is 17.5 Å². The van der Waals surface area contributed by atoms with E-state index in [0.29, 0.717) is 19.0 Å². The fraction of sp³-hybridized carbons (Fsp3) is 0.278. The fourth-order valence-electron chi connectivity index (χ4n) is 2.99. The Morgan fingerprint density at radius 1 is 1.21 bits per heavy atom. The zero-order valence-electron chi connectivity index (χ0n) is 13.1. The Hall–Kier alpha value is -2.47. The average Bonchev–Trinajstić information content (AvgIpc) is 3.17. The van der Waals surface area contributed by atoms with Gasteiger partial charge in [-0.25, -0.2) is 0 Å². The summed E-state index contributed by atoms with van der Waals surface area (Å²) in [5.41, 5.74) is 0.777. The molecule has 3 aromatic rings. The third-order valence-corrected chi connectivity index (χ3v) is 5.00. The molecule has 1 amide bonds. The van der Waals surface area contributed by atoms with Crippen molar-refractivity contribution in [2.24, 2.45) is 0 Å². The zero-order valence-corrected chi connectivity index (χ0v) is 13.9. The first-order valence-corrected chi connectivity index (χ1v) is 8.94. The summed E-state index contributed by atoms with van der Waals surface area (Å²) in [5.74, 6) is 0.690. The third-order valence-electron chi connectivity index (χ3n) is 4.31. The monoisotopic (exact) mass is 339 g/mol. The van der Waals surface area contributed by atoms with E-state index in [9.17, 15) is 4.79 Å².